The molecule has 3 unspecified atom stereocenters. The number of nitrogens with zero attached hydrogens (tertiary/aromatic N) is 1. The van der Waals surface area contributed by atoms with Crippen LogP contribution in [0.1, 0.15) is 174 Å². The first-order valence-electron chi connectivity index (χ1n) is 22.8. The summed E-state index contributed by atoms with van der Waals surface area (Å²) in [5.41, 5.74) is 0. The molecule has 57 heavy (non-hydrogen) atoms. The van der Waals surface area contributed by atoms with Gasteiger partial charge in [-0.15, -0.1) is 0 Å². The van der Waals surface area contributed by atoms with Crippen molar-refractivity contribution in [3.8, 4) is 0 Å². The second-order valence-corrected chi connectivity index (χ2v) is 17.8. The van der Waals surface area contributed by atoms with Crippen LogP contribution in [-0.4, -0.2) is 68.5 Å². The smallest absolute Gasteiger partial charge is 0.268 e. The molecular formula is C48H87N2O6P. The van der Waals surface area contributed by atoms with E-state index in [1.165, 1.54) is 57.8 Å². The first kappa shape index (κ1) is 54.9. The molecule has 2 N–H and O–H groups in total. The summed E-state index contributed by atoms with van der Waals surface area (Å²) < 4.78 is 23.2. The molecule has 3 atom stereocenters. The number of allylic oxidation sites excluding steroid dienone is 12. The van der Waals surface area contributed by atoms with Gasteiger partial charge in [-0.25, -0.2) is 0 Å². The van der Waals surface area contributed by atoms with Gasteiger partial charge in [0.05, 0.1) is 39.9 Å². The summed E-state index contributed by atoms with van der Waals surface area (Å²) in [6, 6.07) is -0.817. The Hall–Kier alpha value is -2.06. The van der Waals surface area contributed by atoms with Crippen LogP contribution in [0.25, 0.3) is 0 Å². The molecule has 0 saturated carbocycles. The molecule has 0 radical (unpaired) electrons. The average molecular weight is 819 g/mol. The zero-order chi connectivity index (χ0) is 42.1. The monoisotopic (exact) mass is 819 g/mol. The lowest BCUT2D eigenvalue weighted by Crippen LogP contribution is -2.46. The molecule has 0 saturated heterocycles. The van der Waals surface area contributed by atoms with E-state index in [9.17, 15) is 19.4 Å². The molecule has 0 heterocycles. The van der Waals surface area contributed by atoms with Crippen LogP contribution in [0.15, 0.2) is 72.9 Å². The summed E-state index contributed by atoms with van der Waals surface area (Å²) in [5.74, 6) is -0.194. The predicted molar refractivity (Wildman–Crippen MR) is 242 cm³/mol. The van der Waals surface area contributed by atoms with Gasteiger partial charge in [-0.1, -0.05) is 177 Å². The molecule has 1 amide bonds. The van der Waals surface area contributed by atoms with Crippen molar-refractivity contribution in [2.75, 3.05) is 40.9 Å². The molecule has 0 rings (SSSR count). The molecule has 0 aliphatic heterocycles. The molecule has 0 spiro atoms. The largest absolute Gasteiger partial charge is 0.756 e. The summed E-state index contributed by atoms with van der Waals surface area (Å²) in [5, 5.41) is 13.9. The number of aliphatic hydroxyl groups is 1. The van der Waals surface area contributed by atoms with Crippen molar-refractivity contribution in [1.82, 2.24) is 5.32 Å². The molecule has 0 aromatic heterocycles. The lowest BCUT2D eigenvalue weighted by atomic mass is 10.0. The highest BCUT2D eigenvalue weighted by Crippen LogP contribution is 2.38. The van der Waals surface area contributed by atoms with E-state index in [-0.39, 0.29) is 19.1 Å². The maximum atomic E-state index is 12.9. The van der Waals surface area contributed by atoms with Gasteiger partial charge in [0.25, 0.3) is 7.82 Å². The fourth-order valence-electron chi connectivity index (χ4n) is 6.10. The Kier molecular flexibility index (Phi) is 38.0. The fourth-order valence-corrected chi connectivity index (χ4v) is 6.82. The van der Waals surface area contributed by atoms with E-state index >= 15 is 0 Å². The van der Waals surface area contributed by atoms with Gasteiger partial charge in [-0.3, -0.25) is 9.36 Å². The first-order valence-corrected chi connectivity index (χ1v) is 24.2. The standard InChI is InChI=1S/C48H87N2O6P/c1-6-8-10-12-14-16-18-20-21-22-23-24-25-26-27-28-29-30-32-34-36-38-40-42-48(52)49-46(45-56-57(53,54)55-44-43-50(3,4)5)47(51)41-39-37-35-33-31-19-17-15-13-11-9-7-2/h8,10,14,16,20-21,23-24,26-27,29-30,46-47,51H,6-7,9,11-13,15,17-19,22,25,28,31-45H2,1-5H3,(H-,49,52,53,54)/b10-8-,16-14-,21-20-,24-23-,27-26-,30-29-. The molecule has 0 aliphatic rings. The van der Waals surface area contributed by atoms with Crippen LogP contribution in [0.4, 0.5) is 0 Å². The highest BCUT2D eigenvalue weighted by atomic mass is 31.2. The number of nitrogens with one attached hydrogen (secondary N) is 1. The van der Waals surface area contributed by atoms with Gasteiger partial charge in [0.1, 0.15) is 13.2 Å². The second-order valence-electron chi connectivity index (χ2n) is 16.4. The van der Waals surface area contributed by atoms with Crippen molar-refractivity contribution >= 4 is 13.7 Å². The van der Waals surface area contributed by atoms with Crippen molar-refractivity contribution in [2.45, 2.75) is 187 Å². The van der Waals surface area contributed by atoms with Gasteiger partial charge in [0, 0.05) is 6.42 Å². The van der Waals surface area contributed by atoms with E-state index in [1.807, 2.05) is 21.1 Å². The average Bonchev–Trinajstić information content (AvgIpc) is 3.16. The third-order valence-electron chi connectivity index (χ3n) is 9.71. The zero-order valence-electron chi connectivity index (χ0n) is 37.3. The number of hydrogen-bond donors (Lipinski definition) is 2. The third-order valence-corrected chi connectivity index (χ3v) is 10.7. The fraction of sp³-hybridized carbons (Fsp3) is 0.729. The van der Waals surface area contributed by atoms with Crippen molar-refractivity contribution < 1.29 is 32.9 Å². The van der Waals surface area contributed by atoms with Crippen molar-refractivity contribution in [3.63, 3.8) is 0 Å². The molecule has 0 fully saturated rings. The van der Waals surface area contributed by atoms with E-state index < -0.39 is 20.0 Å². The van der Waals surface area contributed by atoms with Crippen LogP contribution >= 0.6 is 7.82 Å². The van der Waals surface area contributed by atoms with E-state index in [2.05, 4.69) is 92.1 Å². The molecule has 9 heteroatoms. The summed E-state index contributed by atoms with van der Waals surface area (Å²) in [6.45, 7) is 4.56. The minimum absolute atomic E-state index is 0.00278. The Morgan fingerprint density at radius 2 is 1.07 bits per heavy atom. The first-order chi connectivity index (χ1) is 27.5. The number of carbonyl (C=O) groups excluding carboxylic acids is 1. The highest BCUT2D eigenvalue weighted by molar-refractivity contribution is 7.45. The molecule has 0 aromatic rings. The van der Waals surface area contributed by atoms with Gasteiger partial charge < -0.3 is 28.8 Å². The lowest BCUT2D eigenvalue weighted by molar-refractivity contribution is -0.870. The quantitative estimate of drug-likeness (QED) is 0.0276. The minimum Gasteiger partial charge on any atom is -0.756 e. The number of carbonyl (C=O) groups is 1. The number of hydrogen-bond acceptors (Lipinski definition) is 6. The second kappa shape index (κ2) is 39.4. The van der Waals surface area contributed by atoms with Crippen molar-refractivity contribution in [3.05, 3.63) is 72.9 Å². The van der Waals surface area contributed by atoms with Crippen LogP contribution < -0.4 is 10.2 Å². The summed E-state index contributed by atoms with van der Waals surface area (Å²) >= 11 is 0. The molecule has 0 aromatic carbocycles. The maximum absolute atomic E-state index is 12.9. The number of amides is 1. The number of phosphoric acid groups is 1. The Labute approximate surface area is 351 Å². The maximum Gasteiger partial charge on any atom is 0.268 e. The topological polar surface area (TPSA) is 108 Å². The predicted octanol–water partition coefficient (Wildman–Crippen LogP) is 12.2. The van der Waals surface area contributed by atoms with E-state index in [0.29, 0.717) is 23.9 Å². The summed E-state index contributed by atoms with van der Waals surface area (Å²) in [6.07, 6.45) is 51.9. The molecule has 8 nitrogen and oxygen atoms in total. The van der Waals surface area contributed by atoms with Crippen LogP contribution in [0.5, 0.6) is 0 Å². The molecule has 330 valence electrons. The zero-order valence-corrected chi connectivity index (χ0v) is 38.2. The van der Waals surface area contributed by atoms with E-state index in [0.717, 1.165) is 89.9 Å². The lowest BCUT2D eigenvalue weighted by Gasteiger charge is -2.30. The van der Waals surface area contributed by atoms with Crippen LogP contribution in [0.2, 0.25) is 0 Å². The molecule has 0 bridgehead atoms. The van der Waals surface area contributed by atoms with Gasteiger partial charge in [0.15, 0.2) is 0 Å². The SMILES string of the molecule is CC/C=C\C/C=C\C/C=C\C/C=C\C/C=C\C/C=C\CCCCCCC(=O)NC(COP(=O)([O-])OCC[N+](C)(C)C)C(O)CCCCCCCCCCCCCC. The summed E-state index contributed by atoms with van der Waals surface area (Å²) in [7, 11) is 1.27. The number of aliphatic hydroxyl groups excluding tert-OH is 1. The van der Waals surface area contributed by atoms with E-state index in [1.54, 1.807) is 0 Å². The van der Waals surface area contributed by atoms with E-state index in [4.69, 9.17) is 9.05 Å². The van der Waals surface area contributed by atoms with Crippen molar-refractivity contribution in [1.29, 1.82) is 0 Å². The van der Waals surface area contributed by atoms with Gasteiger partial charge >= 0.3 is 0 Å². The van der Waals surface area contributed by atoms with Crippen molar-refractivity contribution in [2.24, 2.45) is 0 Å². The van der Waals surface area contributed by atoms with Crippen LogP contribution in [-0.2, 0) is 18.4 Å². The van der Waals surface area contributed by atoms with Crippen LogP contribution in [0.3, 0.4) is 0 Å². The van der Waals surface area contributed by atoms with Crippen LogP contribution in [0, 0.1) is 0 Å². The van der Waals surface area contributed by atoms with Gasteiger partial charge in [0.2, 0.25) is 5.91 Å². The Morgan fingerprint density at radius 1 is 0.632 bits per heavy atom. The number of rotatable bonds is 40. The van der Waals surface area contributed by atoms with Gasteiger partial charge in [-0.2, -0.15) is 0 Å². The Morgan fingerprint density at radius 3 is 1.56 bits per heavy atom. The number of quaternary nitrogens is 1. The normalized spacial score (nSPS) is 15.0. The van der Waals surface area contributed by atoms with Gasteiger partial charge in [-0.05, 0) is 64.2 Å². The third kappa shape index (κ3) is 41.9. The molecule has 0 aliphatic carbocycles. The number of unbranched alkanes of at least 4 members (excludes halogenated alkanes) is 15. The molecular weight excluding hydrogens is 732 g/mol. The summed E-state index contributed by atoms with van der Waals surface area (Å²) in [4.78, 5) is 25.3. The minimum atomic E-state index is -4.57. The highest BCUT2D eigenvalue weighted by Gasteiger charge is 2.24. The Balaban J connectivity index is 4.38. The number of phosphoric ester groups is 1. The number of likely N-dealkylation sites (N-methyl/N-ethyl adjacent to an activating group) is 1. The Bertz CT molecular complexity index is 1160.